The van der Waals surface area contributed by atoms with Gasteiger partial charge >= 0.3 is 12.0 Å². The van der Waals surface area contributed by atoms with Gasteiger partial charge in [0.1, 0.15) is 10.9 Å². The van der Waals surface area contributed by atoms with E-state index >= 15 is 0 Å². The summed E-state index contributed by atoms with van der Waals surface area (Å²) in [6.45, 7) is -0.133. The molecule has 2 amide bonds. The molecule has 3 aromatic carbocycles. The first kappa shape index (κ1) is 28.3. The van der Waals surface area contributed by atoms with E-state index in [0.717, 1.165) is 17.7 Å². The number of carboxylic acid groups (broad SMARTS) is 1. The lowest BCUT2D eigenvalue weighted by molar-refractivity contribution is -0.387. The van der Waals surface area contributed by atoms with Crippen molar-refractivity contribution >= 4 is 27.5 Å². The minimum absolute atomic E-state index is 0.0253. The van der Waals surface area contributed by atoms with Crippen LogP contribution in [0.25, 0.3) is 0 Å². The van der Waals surface area contributed by atoms with E-state index in [1.54, 1.807) is 6.07 Å². The molecule has 200 valence electrons. The number of nitrogens with one attached hydrogen (secondary N) is 1. The summed E-state index contributed by atoms with van der Waals surface area (Å²) in [4.78, 5) is 36.3. The molecule has 38 heavy (non-hydrogen) atoms. The van der Waals surface area contributed by atoms with Crippen LogP contribution >= 0.6 is 0 Å². The Labute approximate surface area is 219 Å². The summed E-state index contributed by atoms with van der Waals surface area (Å²) >= 11 is 0. The molecule has 1 unspecified atom stereocenters. The zero-order valence-electron chi connectivity index (χ0n) is 20.3. The van der Waals surface area contributed by atoms with Crippen molar-refractivity contribution in [2.75, 3.05) is 19.7 Å². The van der Waals surface area contributed by atoms with Crippen molar-refractivity contribution in [3.63, 3.8) is 0 Å². The SMILES string of the molecule is O=C(O)C(Cc1ccc(S(=O)(=O)c2ccccc2)c([N+](=O)[O-])c1)NC(=O)N(CCO)CCc1ccccc1. The molecule has 0 fully saturated rings. The lowest BCUT2D eigenvalue weighted by Crippen LogP contribution is -2.50. The van der Waals surface area contributed by atoms with Gasteiger partial charge in [0, 0.05) is 25.6 Å². The third-order valence-corrected chi connectivity index (χ3v) is 7.59. The van der Waals surface area contributed by atoms with Crippen LogP contribution in [0.1, 0.15) is 11.1 Å². The molecule has 0 aliphatic rings. The van der Waals surface area contributed by atoms with Gasteiger partial charge in [0.05, 0.1) is 16.4 Å². The molecule has 1 atom stereocenters. The normalized spacial score (nSPS) is 11.9. The van der Waals surface area contributed by atoms with Gasteiger partial charge in [-0.3, -0.25) is 10.1 Å². The van der Waals surface area contributed by atoms with Crippen LogP contribution in [-0.2, 0) is 27.5 Å². The molecule has 0 aliphatic heterocycles. The summed E-state index contributed by atoms with van der Waals surface area (Å²) in [6, 6.07) is 17.7. The number of amides is 2. The van der Waals surface area contributed by atoms with Gasteiger partial charge in [-0.1, -0.05) is 54.6 Å². The summed E-state index contributed by atoms with van der Waals surface area (Å²) in [5, 5.41) is 33.2. The molecule has 3 N–H and O–H groups in total. The second-order valence-electron chi connectivity index (χ2n) is 8.37. The lowest BCUT2D eigenvalue weighted by Gasteiger charge is -2.25. The summed E-state index contributed by atoms with van der Waals surface area (Å²) in [5.74, 6) is -1.38. The summed E-state index contributed by atoms with van der Waals surface area (Å²) in [6.07, 6.45) is 0.148. The molecule has 3 aromatic rings. The number of nitro groups is 1. The monoisotopic (exact) mass is 541 g/mol. The fourth-order valence-electron chi connectivity index (χ4n) is 3.81. The topological polar surface area (TPSA) is 167 Å². The highest BCUT2D eigenvalue weighted by atomic mass is 32.2. The Morgan fingerprint density at radius 3 is 2.16 bits per heavy atom. The number of rotatable bonds is 12. The highest BCUT2D eigenvalue weighted by molar-refractivity contribution is 7.91. The molecule has 11 nitrogen and oxygen atoms in total. The van der Waals surface area contributed by atoms with Crippen LogP contribution in [0.15, 0.2) is 88.7 Å². The smallest absolute Gasteiger partial charge is 0.326 e. The van der Waals surface area contributed by atoms with Gasteiger partial charge in [0.2, 0.25) is 9.84 Å². The first-order valence-electron chi connectivity index (χ1n) is 11.6. The zero-order chi connectivity index (χ0) is 27.7. The van der Waals surface area contributed by atoms with Crippen molar-refractivity contribution in [3.8, 4) is 0 Å². The fourth-order valence-corrected chi connectivity index (χ4v) is 5.23. The quantitative estimate of drug-likeness (QED) is 0.232. The van der Waals surface area contributed by atoms with Crippen LogP contribution < -0.4 is 5.32 Å². The summed E-state index contributed by atoms with van der Waals surface area (Å²) < 4.78 is 25.9. The number of hydrogen-bond acceptors (Lipinski definition) is 7. The second kappa shape index (κ2) is 12.8. The maximum Gasteiger partial charge on any atom is 0.326 e. The number of hydrogen-bond donors (Lipinski definition) is 3. The molecule has 0 spiro atoms. The number of nitro benzene ring substituents is 1. The van der Waals surface area contributed by atoms with Crippen molar-refractivity contribution < 1.29 is 33.1 Å². The van der Waals surface area contributed by atoms with Gasteiger partial charge in [-0.2, -0.15) is 0 Å². The summed E-state index contributed by atoms with van der Waals surface area (Å²) in [7, 11) is -4.20. The number of aliphatic hydroxyl groups excluding tert-OH is 1. The predicted molar refractivity (Wildman–Crippen MR) is 137 cm³/mol. The van der Waals surface area contributed by atoms with Crippen LogP contribution in [-0.4, -0.2) is 66.2 Å². The van der Waals surface area contributed by atoms with Gasteiger partial charge in [-0.25, -0.2) is 18.0 Å². The molecule has 0 aliphatic carbocycles. The average molecular weight is 542 g/mol. The van der Waals surface area contributed by atoms with E-state index in [0.29, 0.717) is 6.42 Å². The molecular formula is C26H27N3O8S. The Kier molecular flexibility index (Phi) is 9.52. The molecule has 0 radical (unpaired) electrons. The van der Waals surface area contributed by atoms with Gasteiger partial charge in [-0.05, 0) is 35.7 Å². The van der Waals surface area contributed by atoms with Crippen LogP contribution in [0.3, 0.4) is 0 Å². The molecule has 0 bridgehead atoms. The van der Waals surface area contributed by atoms with E-state index in [2.05, 4.69) is 5.32 Å². The maximum absolute atomic E-state index is 13.0. The minimum Gasteiger partial charge on any atom is -0.480 e. The Morgan fingerprint density at radius 2 is 1.58 bits per heavy atom. The van der Waals surface area contributed by atoms with E-state index in [9.17, 15) is 38.3 Å². The zero-order valence-corrected chi connectivity index (χ0v) is 21.1. The largest absolute Gasteiger partial charge is 0.480 e. The molecule has 0 saturated heterocycles. The Hall–Kier alpha value is -4.29. The van der Waals surface area contributed by atoms with Gasteiger partial charge in [0.15, 0.2) is 0 Å². The highest BCUT2D eigenvalue weighted by Gasteiger charge is 2.29. The molecule has 0 heterocycles. The van der Waals surface area contributed by atoms with Crippen molar-refractivity contribution in [1.29, 1.82) is 0 Å². The van der Waals surface area contributed by atoms with Crippen molar-refractivity contribution in [2.45, 2.75) is 28.7 Å². The second-order valence-corrected chi connectivity index (χ2v) is 10.3. The third-order valence-electron chi connectivity index (χ3n) is 5.77. The van der Waals surface area contributed by atoms with Gasteiger partial charge in [-0.15, -0.1) is 0 Å². The average Bonchev–Trinajstić information content (AvgIpc) is 2.91. The van der Waals surface area contributed by atoms with E-state index in [4.69, 9.17) is 0 Å². The standard InChI is InChI=1S/C26H27N3O8S/c30-16-15-28(14-13-19-7-3-1-4-8-19)26(33)27-22(25(31)32)17-20-11-12-24(23(18-20)29(34)35)38(36,37)21-9-5-2-6-10-21/h1-12,18,22,30H,13-17H2,(H,27,33)(H,31,32). The van der Waals surface area contributed by atoms with E-state index < -0.39 is 43.4 Å². The number of carbonyl (C=O) groups excluding carboxylic acids is 1. The molecule has 3 rings (SSSR count). The van der Waals surface area contributed by atoms with Crippen molar-refractivity contribution in [2.24, 2.45) is 0 Å². The van der Waals surface area contributed by atoms with Gasteiger partial charge < -0.3 is 20.4 Å². The van der Waals surface area contributed by atoms with E-state index in [1.165, 1.54) is 35.2 Å². The maximum atomic E-state index is 13.0. The predicted octanol–water partition coefficient (Wildman–Crippen LogP) is 2.67. The Bertz CT molecular complexity index is 1380. The lowest BCUT2D eigenvalue weighted by atomic mass is 10.1. The molecule has 0 aromatic heterocycles. The van der Waals surface area contributed by atoms with E-state index in [1.807, 2.05) is 30.3 Å². The molecule has 0 saturated carbocycles. The number of urea groups is 1. The first-order chi connectivity index (χ1) is 18.1. The minimum atomic E-state index is -4.20. The van der Waals surface area contributed by atoms with Crippen LogP contribution in [0.2, 0.25) is 0 Å². The number of sulfone groups is 1. The number of aliphatic carboxylic acids is 1. The van der Waals surface area contributed by atoms with E-state index in [-0.39, 0.29) is 36.6 Å². The first-order valence-corrected chi connectivity index (χ1v) is 13.1. The number of carbonyl (C=O) groups is 2. The fraction of sp³-hybridized carbons (Fsp3) is 0.231. The molecular weight excluding hydrogens is 514 g/mol. The molecule has 12 heteroatoms. The Balaban J connectivity index is 1.80. The Morgan fingerprint density at radius 1 is 0.947 bits per heavy atom. The number of nitrogens with zero attached hydrogens (tertiary/aromatic N) is 2. The van der Waals surface area contributed by atoms with Crippen molar-refractivity contribution in [1.82, 2.24) is 10.2 Å². The van der Waals surface area contributed by atoms with Crippen LogP contribution in [0.5, 0.6) is 0 Å². The highest BCUT2D eigenvalue weighted by Crippen LogP contribution is 2.30. The van der Waals surface area contributed by atoms with Gasteiger partial charge in [0.25, 0.3) is 5.69 Å². The summed E-state index contributed by atoms with van der Waals surface area (Å²) in [5.41, 5.74) is 0.400. The van der Waals surface area contributed by atoms with Crippen LogP contribution in [0.4, 0.5) is 10.5 Å². The number of carboxylic acids is 1. The number of aliphatic hydroxyl groups is 1. The van der Waals surface area contributed by atoms with Crippen molar-refractivity contribution in [3.05, 3.63) is 100 Å². The number of benzene rings is 3. The third kappa shape index (κ3) is 7.14. The van der Waals surface area contributed by atoms with Crippen LogP contribution in [0, 0.1) is 10.1 Å².